The van der Waals surface area contributed by atoms with Crippen LogP contribution in [0.1, 0.15) is 6.42 Å². The van der Waals surface area contributed by atoms with Crippen LogP contribution in [0, 0.1) is 5.92 Å². The van der Waals surface area contributed by atoms with Crippen molar-refractivity contribution < 1.29 is 9.47 Å². The van der Waals surface area contributed by atoms with Gasteiger partial charge in [-0.2, -0.15) is 0 Å². The minimum atomic E-state index is 0.118. The molecule has 1 aliphatic heterocycles. The second-order valence-corrected chi connectivity index (χ2v) is 7.60. The maximum absolute atomic E-state index is 6.29. The van der Waals surface area contributed by atoms with Crippen molar-refractivity contribution in [2.75, 3.05) is 18.5 Å². The largest absolute Gasteiger partial charge is 0.437 e. The third-order valence-corrected chi connectivity index (χ3v) is 5.48. The van der Waals surface area contributed by atoms with Crippen LogP contribution in [-0.2, 0) is 4.74 Å². The van der Waals surface area contributed by atoms with E-state index in [0.717, 1.165) is 27.5 Å². The van der Waals surface area contributed by atoms with Crippen LogP contribution in [0.2, 0.25) is 0 Å². The lowest BCUT2D eigenvalue weighted by Gasteiger charge is -2.13. The highest BCUT2D eigenvalue weighted by atomic mass is 32.1. The van der Waals surface area contributed by atoms with Crippen LogP contribution in [0.15, 0.2) is 77.8 Å². The zero-order chi connectivity index (χ0) is 20.1. The van der Waals surface area contributed by atoms with E-state index in [9.17, 15) is 0 Å². The Morgan fingerprint density at radius 2 is 2.10 bits per heavy atom. The summed E-state index contributed by atoms with van der Waals surface area (Å²) in [6.45, 7) is 4.95. The predicted molar refractivity (Wildman–Crippen MR) is 119 cm³/mol. The van der Waals surface area contributed by atoms with Gasteiger partial charge in [-0.25, -0.2) is 9.98 Å². The summed E-state index contributed by atoms with van der Waals surface area (Å²) in [5.41, 5.74) is 8.79. The molecule has 0 aliphatic carbocycles. The van der Waals surface area contributed by atoms with Crippen LogP contribution in [0.3, 0.4) is 0 Å². The number of aromatic nitrogens is 1. The van der Waals surface area contributed by atoms with Crippen LogP contribution >= 0.6 is 11.3 Å². The molecule has 1 aromatic heterocycles. The van der Waals surface area contributed by atoms with E-state index < -0.39 is 0 Å². The van der Waals surface area contributed by atoms with Gasteiger partial charge < -0.3 is 20.5 Å². The molecule has 6 nitrogen and oxygen atoms in total. The van der Waals surface area contributed by atoms with Gasteiger partial charge in [-0.15, -0.1) is 0 Å². The highest BCUT2D eigenvalue weighted by molar-refractivity contribution is 7.22. The molecule has 0 spiro atoms. The Morgan fingerprint density at radius 3 is 2.83 bits per heavy atom. The number of para-hydroxylation sites is 1. The first-order valence-corrected chi connectivity index (χ1v) is 10.2. The lowest BCUT2D eigenvalue weighted by molar-refractivity contribution is 0.189. The van der Waals surface area contributed by atoms with Crippen molar-refractivity contribution in [2.45, 2.75) is 6.42 Å². The number of nitrogens with one attached hydrogen (secondary N) is 1. The number of ether oxygens (including phenoxy) is 2. The SMILES string of the molecule is C=C/C=N\C(Oc1ccc(Nc2nc3ccccc3s2)cc1)=C(/N)[C@H]1CCOC1. The third-order valence-electron chi connectivity index (χ3n) is 4.53. The van der Waals surface area contributed by atoms with Gasteiger partial charge in [-0.05, 0) is 42.8 Å². The first-order valence-electron chi connectivity index (χ1n) is 9.36. The fourth-order valence-electron chi connectivity index (χ4n) is 3.00. The van der Waals surface area contributed by atoms with Gasteiger partial charge in [0.15, 0.2) is 5.13 Å². The van der Waals surface area contributed by atoms with Gasteiger partial charge in [0.05, 0.1) is 22.5 Å². The molecule has 7 heteroatoms. The zero-order valence-corrected chi connectivity index (χ0v) is 16.7. The molecular weight excluding hydrogens is 384 g/mol. The lowest BCUT2D eigenvalue weighted by atomic mass is 10.1. The van der Waals surface area contributed by atoms with E-state index in [2.05, 4.69) is 27.9 Å². The Labute approximate surface area is 173 Å². The maximum Gasteiger partial charge on any atom is 0.238 e. The number of rotatable bonds is 7. The van der Waals surface area contributed by atoms with Crippen molar-refractivity contribution in [3.63, 3.8) is 0 Å². The molecule has 1 atom stereocenters. The molecule has 3 aromatic rings. The standard InChI is InChI=1S/C22H22N4O2S/c1-2-12-24-21(20(23)15-11-13-27-14-15)28-17-9-7-16(8-10-17)25-22-26-18-5-3-4-6-19(18)29-22/h2-10,12,15H,1,11,13-14,23H2,(H,25,26)/b21-20+,24-12-/t15-/m0/s1. The normalized spacial score (nSPS) is 17.4. The molecule has 3 N–H and O–H groups in total. The van der Waals surface area contributed by atoms with Gasteiger partial charge in [-0.1, -0.05) is 36.1 Å². The molecule has 148 valence electrons. The highest BCUT2D eigenvalue weighted by Crippen LogP contribution is 2.29. The van der Waals surface area contributed by atoms with E-state index in [1.165, 1.54) is 0 Å². The molecule has 0 unspecified atom stereocenters. The number of thiazole rings is 1. The second-order valence-electron chi connectivity index (χ2n) is 6.57. The summed E-state index contributed by atoms with van der Waals surface area (Å²) in [7, 11) is 0. The maximum atomic E-state index is 6.29. The number of nitrogens with two attached hydrogens (primary N) is 1. The number of anilines is 2. The van der Waals surface area contributed by atoms with Gasteiger partial charge in [0.1, 0.15) is 5.75 Å². The van der Waals surface area contributed by atoms with E-state index >= 15 is 0 Å². The summed E-state index contributed by atoms with van der Waals surface area (Å²) in [5, 5.41) is 4.18. The Hall–Kier alpha value is -3.16. The number of hydrogen-bond acceptors (Lipinski definition) is 7. The van der Waals surface area contributed by atoms with E-state index in [1.54, 1.807) is 23.6 Å². The van der Waals surface area contributed by atoms with Gasteiger partial charge >= 0.3 is 0 Å². The van der Waals surface area contributed by atoms with Crippen LogP contribution < -0.4 is 15.8 Å². The summed E-state index contributed by atoms with van der Waals surface area (Å²) in [6.07, 6.45) is 4.03. The number of hydrogen-bond donors (Lipinski definition) is 2. The van der Waals surface area contributed by atoms with Crippen molar-refractivity contribution in [3.05, 3.63) is 72.8 Å². The topological polar surface area (TPSA) is 81.8 Å². The Balaban J connectivity index is 1.49. The molecule has 1 aliphatic rings. The number of benzene rings is 2. The number of nitrogens with zero attached hydrogens (tertiary/aromatic N) is 2. The van der Waals surface area contributed by atoms with Crippen molar-refractivity contribution in [3.8, 4) is 5.75 Å². The zero-order valence-electron chi connectivity index (χ0n) is 15.9. The highest BCUT2D eigenvalue weighted by Gasteiger charge is 2.22. The molecule has 0 radical (unpaired) electrons. The van der Waals surface area contributed by atoms with Crippen molar-refractivity contribution >= 4 is 38.6 Å². The van der Waals surface area contributed by atoms with Crippen LogP contribution in [0.25, 0.3) is 10.2 Å². The molecule has 2 heterocycles. The van der Waals surface area contributed by atoms with Crippen molar-refractivity contribution in [1.29, 1.82) is 0 Å². The predicted octanol–water partition coefficient (Wildman–Crippen LogP) is 4.84. The smallest absolute Gasteiger partial charge is 0.238 e. The molecule has 0 amide bonds. The molecule has 1 saturated heterocycles. The van der Waals surface area contributed by atoms with E-state index in [4.69, 9.17) is 15.2 Å². The molecule has 1 fully saturated rings. The van der Waals surface area contributed by atoms with Crippen molar-refractivity contribution in [1.82, 2.24) is 4.98 Å². The average molecular weight is 407 g/mol. The molecule has 0 bridgehead atoms. The van der Waals surface area contributed by atoms with E-state index in [1.807, 2.05) is 42.5 Å². The Morgan fingerprint density at radius 1 is 1.28 bits per heavy atom. The number of aliphatic imine (C=N–C) groups is 1. The minimum absolute atomic E-state index is 0.118. The summed E-state index contributed by atoms with van der Waals surface area (Å²) in [6, 6.07) is 15.7. The monoisotopic (exact) mass is 406 g/mol. The number of fused-ring (bicyclic) bond motifs is 1. The lowest BCUT2D eigenvalue weighted by Crippen LogP contribution is -2.16. The van der Waals surface area contributed by atoms with Crippen LogP contribution in [0.4, 0.5) is 10.8 Å². The molecule has 0 saturated carbocycles. The van der Waals surface area contributed by atoms with Crippen LogP contribution in [-0.4, -0.2) is 24.4 Å². The summed E-state index contributed by atoms with van der Waals surface area (Å²) >= 11 is 1.62. The molecular formula is C22H22N4O2S. The Bertz CT molecular complexity index is 1020. The number of allylic oxidation sites excluding steroid dienone is 1. The fraction of sp³-hybridized carbons (Fsp3) is 0.182. The summed E-state index contributed by atoms with van der Waals surface area (Å²) in [4.78, 5) is 8.90. The summed E-state index contributed by atoms with van der Waals surface area (Å²) < 4.78 is 12.5. The fourth-order valence-corrected chi connectivity index (χ4v) is 3.89. The van der Waals surface area contributed by atoms with Gasteiger partial charge in [0.2, 0.25) is 5.88 Å². The molecule has 4 rings (SSSR count). The van der Waals surface area contributed by atoms with Gasteiger partial charge in [0, 0.05) is 24.4 Å². The quantitative estimate of drug-likeness (QED) is 0.433. The Kier molecular flexibility index (Phi) is 5.88. The van der Waals surface area contributed by atoms with Gasteiger partial charge in [0.25, 0.3) is 0 Å². The molecule has 2 aromatic carbocycles. The van der Waals surface area contributed by atoms with Gasteiger partial charge in [-0.3, -0.25) is 0 Å². The first kappa shape index (κ1) is 19.2. The first-order chi connectivity index (χ1) is 14.2. The van der Waals surface area contributed by atoms with E-state index in [-0.39, 0.29) is 5.92 Å². The van der Waals surface area contributed by atoms with Crippen LogP contribution in [0.5, 0.6) is 5.75 Å². The van der Waals surface area contributed by atoms with Crippen molar-refractivity contribution in [2.24, 2.45) is 16.6 Å². The molecule has 29 heavy (non-hydrogen) atoms. The van der Waals surface area contributed by atoms with E-state index in [0.29, 0.717) is 30.5 Å². The minimum Gasteiger partial charge on any atom is -0.437 e. The average Bonchev–Trinajstić information content (AvgIpc) is 3.41. The third kappa shape index (κ3) is 4.64. The second kappa shape index (κ2) is 8.89. The summed E-state index contributed by atoms with van der Waals surface area (Å²) in [5.74, 6) is 1.15.